The lowest BCUT2D eigenvalue weighted by molar-refractivity contribution is -0.126. The van der Waals surface area contributed by atoms with E-state index in [0.29, 0.717) is 5.56 Å². The minimum absolute atomic E-state index is 0.0683. The van der Waals surface area contributed by atoms with Crippen LogP contribution in [-0.2, 0) is 20.0 Å². The highest BCUT2D eigenvalue weighted by atomic mass is 32.2. The summed E-state index contributed by atoms with van der Waals surface area (Å²) < 4.78 is 22.6. The van der Waals surface area contributed by atoms with Crippen LogP contribution in [0.4, 0.5) is 0 Å². The van der Waals surface area contributed by atoms with Gasteiger partial charge in [-0.2, -0.15) is 5.26 Å². The Morgan fingerprint density at radius 3 is 2.12 bits per heavy atom. The maximum absolute atomic E-state index is 11.3. The van der Waals surface area contributed by atoms with Gasteiger partial charge in [0, 0.05) is 19.1 Å². The zero-order valence-electron chi connectivity index (χ0n) is 9.30. The van der Waals surface area contributed by atoms with Gasteiger partial charge in [-0.05, 0) is 17.7 Å². The molecule has 1 fully saturated rings. The molecule has 1 aliphatic rings. The van der Waals surface area contributed by atoms with Crippen molar-refractivity contribution in [3.05, 3.63) is 29.8 Å². The summed E-state index contributed by atoms with van der Waals surface area (Å²) in [5, 5.41) is 9.12. The standard InChI is InChI=1S/C12H11NO3S/c1-17(15,16)11-4-2-9(3-5-11)12(8-13)6-10(14)7-12/h2-5H,6-7H2,1H3. The smallest absolute Gasteiger partial charge is 0.175 e. The molecule has 4 nitrogen and oxygen atoms in total. The third kappa shape index (κ3) is 1.96. The average Bonchev–Trinajstić information content (AvgIpc) is 2.23. The highest BCUT2D eigenvalue weighted by Crippen LogP contribution is 2.40. The number of benzene rings is 1. The molecule has 0 atom stereocenters. The first-order valence-electron chi connectivity index (χ1n) is 5.11. The summed E-state index contributed by atoms with van der Waals surface area (Å²) in [4.78, 5) is 11.2. The lowest BCUT2D eigenvalue weighted by Crippen LogP contribution is -2.40. The second-order valence-corrected chi connectivity index (χ2v) is 6.40. The van der Waals surface area contributed by atoms with Crippen molar-refractivity contribution in [1.82, 2.24) is 0 Å². The Morgan fingerprint density at radius 2 is 1.76 bits per heavy atom. The molecule has 1 aliphatic carbocycles. The van der Waals surface area contributed by atoms with E-state index >= 15 is 0 Å². The van der Waals surface area contributed by atoms with E-state index in [2.05, 4.69) is 6.07 Å². The maximum Gasteiger partial charge on any atom is 0.175 e. The van der Waals surface area contributed by atoms with Gasteiger partial charge in [0.1, 0.15) is 5.78 Å². The lowest BCUT2D eigenvalue weighted by atomic mass is 9.65. The van der Waals surface area contributed by atoms with Gasteiger partial charge < -0.3 is 0 Å². The Kier molecular flexibility index (Phi) is 2.55. The van der Waals surface area contributed by atoms with Gasteiger partial charge in [-0.25, -0.2) is 8.42 Å². The molecule has 0 bridgehead atoms. The molecule has 1 aromatic rings. The highest BCUT2D eigenvalue weighted by molar-refractivity contribution is 7.90. The molecule has 2 rings (SSSR count). The van der Waals surface area contributed by atoms with Gasteiger partial charge in [0.2, 0.25) is 0 Å². The van der Waals surface area contributed by atoms with Gasteiger partial charge in [0.05, 0.1) is 16.4 Å². The van der Waals surface area contributed by atoms with Gasteiger partial charge in [-0.15, -0.1) is 0 Å². The van der Waals surface area contributed by atoms with Crippen molar-refractivity contribution in [2.75, 3.05) is 6.26 Å². The quantitative estimate of drug-likeness (QED) is 0.789. The van der Waals surface area contributed by atoms with Gasteiger partial charge in [-0.1, -0.05) is 12.1 Å². The van der Waals surface area contributed by atoms with E-state index in [-0.39, 0.29) is 23.5 Å². The summed E-state index contributed by atoms with van der Waals surface area (Å²) in [7, 11) is -3.22. The van der Waals surface area contributed by atoms with Crippen molar-refractivity contribution in [2.45, 2.75) is 23.2 Å². The molecule has 0 radical (unpaired) electrons. The van der Waals surface area contributed by atoms with E-state index in [9.17, 15) is 13.2 Å². The molecule has 0 heterocycles. The second kappa shape index (κ2) is 3.67. The molecule has 17 heavy (non-hydrogen) atoms. The summed E-state index contributed by atoms with van der Waals surface area (Å²) in [6.45, 7) is 0. The SMILES string of the molecule is CS(=O)(=O)c1ccc(C2(C#N)CC(=O)C2)cc1. The van der Waals surface area contributed by atoms with E-state index in [0.717, 1.165) is 6.26 Å². The number of hydrogen-bond acceptors (Lipinski definition) is 4. The van der Waals surface area contributed by atoms with E-state index in [1.807, 2.05) is 0 Å². The van der Waals surface area contributed by atoms with Crippen molar-refractivity contribution in [1.29, 1.82) is 5.26 Å². The first-order chi connectivity index (χ1) is 7.87. The number of rotatable bonds is 2. The van der Waals surface area contributed by atoms with Crippen LogP contribution in [0.15, 0.2) is 29.2 Å². The predicted octanol–water partition coefficient (Wildman–Crippen LogP) is 1.21. The lowest BCUT2D eigenvalue weighted by Gasteiger charge is -2.34. The van der Waals surface area contributed by atoms with E-state index in [1.165, 1.54) is 12.1 Å². The molecule has 0 N–H and O–H groups in total. The zero-order valence-corrected chi connectivity index (χ0v) is 10.1. The fraction of sp³-hybridized carbons (Fsp3) is 0.333. The average molecular weight is 249 g/mol. The molecular formula is C12H11NO3S. The number of nitriles is 1. The van der Waals surface area contributed by atoms with E-state index in [1.54, 1.807) is 12.1 Å². The van der Waals surface area contributed by atoms with Crippen LogP contribution in [-0.4, -0.2) is 20.5 Å². The third-order valence-corrected chi connectivity index (χ3v) is 4.18. The normalized spacial score (nSPS) is 18.2. The first kappa shape index (κ1) is 11.8. The minimum Gasteiger partial charge on any atom is -0.300 e. The summed E-state index contributed by atoms with van der Waals surface area (Å²) in [5.41, 5.74) is -0.0281. The van der Waals surface area contributed by atoms with Crippen molar-refractivity contribution in [2.24, 2.45) is 0 Å². The topological polar surface area (TPSA) is 75.0 Å². The molecule has 1 aromatic carbocycles. The fourth-order valence-electron chi connectivity index (χ4n) is 1.99. The van der Waals surface area contributed by atoms with Crippen LogP contribution in [0.3, 0.4) is 0 Å². The number of sulfone groups is 1. The van der Waals surface area contributed by atoms with Crippen molar-refractivity contribution in [3.8, 4) is 6.07 Å². The Bertz CT molecular complexity index is 600. The van der Waals surface area contributed by atoms with Crippen LogP contribution in [0, 0.1) is 11.3 Å². The van der Waals surface area contributed by atoms with Crippen LogP contribution < -0.4 is 0 Å². The molecule has 0 aromatic heterocycles. The summed E-state index contributed by atoms with van der Waals surface area (Å²) in [5.74, 6) is 0.0683. The maximum atomic E-state index is 11.3. The molecule has 5 heteroatoms. The van der Waals surface area contributed by atoms with Crippen molar-refractivity contribution in [3.63, 3.8) is 0 Å². The largest absolute Gasteiger partial charge is 0.300 e. The number of hydrogen-bond donors (Lipinski definition) is 0. The minimum atomic E-state index is -3.22. The number of nitrogens with zero attached hydrogens (tertiary/aromatic N) is 1. The Labute approximate surface area is 99.8 Å². The molecule has 0 spiro atoms. The Morgan fingerprint density at radius 1 is 1.24 bits per heavy atom. The van der Waals surface area contributed by atoms with Crippen molar-refractivity contribution >= 4 is 15.6 Å². The molecule has 1 saturated carbocycles. The molecule has 0 saturated heterocycles. The molecule has 0 amide bonds. The monoisotopic (exact) mass is 249 g/mol. The fourth-order valence-corrected chi connectivity index (χ4v) is 2.62. The van der Waals surface area contributed by atoms with Gasteiger partial charge in [-0.3, -0.25) is 4.79 Å². The van der Waals surface area contributed by atoms with Crippen LogP contribution in [0.1, 0.15) is 18.4 Å². The Balaban J connectivity index is 2.37. The summed E-state index contributed by atoms with van der Waals surface area (Å²) in [6.07, 6.45) is 1.58. The van der Waals surface area contributed by atoms with Gasteiger partial charge >= 0.3 is 0 Å². The van der Waals surface area contributed by atoms with Gasteiger partial charge in [0.25, 0.3) is 0 Å². The zero-order chi connectivity index (χ0) is 12.7. The molecule has 88 valence electrons. The number of carbonyl (C=O) groups is 1. The number of Topliss-reactive ketones (excluding diaryl/α,β-unsaturated/α-hetero) is 1. The van der Waals surface area contributed by atoms with E-state index < -0.39 is 15.3 Å². The molecule has 0 aliphatic heterocycles. The molecule has 0 unspecified atom stereocenters. The van der Waals surface area contributed by atoms with Crippen LogP contribution in [0.2, 0.25) is 0 Å². The molecular weight excluding hydrogens is 238 g/mol. The second-order valence-electron chi connectivity index (χ2n) is 4.38. The van der Waals surface area contributed by atoms with Crippen molar-refractivity contribution < 1.29 is 13.2 Å². The van der Waals surface area contributed by atoms with Crippen LogP contribution in [0.5, 0.6) is 0 Å². The first-order valence-corrected chi connectivity index (χ1v) is 7.00. The van der Waals surface area contributed by atoms with Crippen LogP contribution in [0.25, 0.3) is 0 Å². The number of carbonyl (C=O) groups excluding carboxylic acids is 1. The van der Waals surface area contributed by atoms with Gasteiger partial charge in [0.15, 0.2) is 9.84 Å². The predicted molar refractivity (Wildman–Crippen MR) is 61.1 cm³/mol. The summed E-state index contributed by atoms with van der Waals surface area (Å²) in [6, 6.07) is 8.34. The Hall–Kier alpha value is -1.67. The summed E-state index contributed by atoms with van der Waals surface area (Å²) >= 11 is 0. The van der Waals surface area contributed by atoms with Crippen LogP contribution >= 0.6 is 0 Å². The third-order valence-electron chi connectivity index (χ3n) is 3.05. The number of ketones is 1. The highest BCUT2D eigenvalue weighted by Gasteiger charge is 2.45. The van der Waals surface area contributed by atoms with E-state index in [4.69, 9.17) is 5.26 Å².